The fourth-order valence-corrected chi connectivity index (χ4v) is 5.09. The minimum Gasteiger partial charge on any atom is -0.507 e. The Bertz CT molecular complexity index is 1050. The van der Waals surface area contributed by atoms with E-state index in [-0.39, 0.29) is 11.4 Å². The summed E-state index contributed by atoms with van der Waals surface area (Å²) in [6.45, 7) is 2.14. The zero-order chi connectivity index (χ0) is 20.2. The Labute approximate surface area is 171 Å². The van der Waals surface area contributed by atoms with E-state index in [4.69, 9.17) is 11.2 Å². The molecule has 0 aliphatic heterocycles. The van der Waals surface area contributed by atoms with Crippen molar-refractivity contribution in [2.45, 2.75) is 56.1 Å². The summed E-state index contributed by atoms with van der Waals surface area (Å²) in [5, 5.41) is 23.4. The topological polar surface area (TPSA) is 67.3 Å². The first-order chi connectivity index (χ1) is 14.0. The van der Waals surface area contributed by atoms with Gasteiger partial charge in [0, 0.05) is 41.7 Å². The number of nitrogens with one attached hydrogen (secondary N) is 1. The number of fused-ring (bicyclic) bond motifs is 1. The molecule has 1 fully saturated rings. The van der Waals surface area contributed by atoms with Crippen LogP contribution in [0.5, 0.6) is 5.75 Å². The standard InChI is InChI=1S/C24H25N3O2/c1-4-14-5-10-18(19(28)11-14)22-20-15-6-8-16(9-7-15)21(20)23(27-26-22)25-17-12-24(2,13-17)29-3/h1,5-6,8,10-11,15-17,28H,7,9,12-13H2,2-3H3,(H,25,27). The van der Waals surface area contributed by atoms with Gasteiger partial charge in [0.15, 0.2) is 5.82 Å². The molecule has 1 aromatic carbocycles. The molecule has 2 N–H and O–H groups in total. The molecule has 0 spiro atoms. The van der Waals surface area contributed by atoms with Crippen LogP contribution in [0.15, 0.2) is 30.4 Å². The van der Waals surface area contributed by atoms with Crippen molar-refractivity contribution < 1.29 is 9.84 Å². The Morgan fingerprint density at radius 2 is 1.90 bits per heavy atom. The zero-order valence-corrected chi connectivity index (χ0v) is 16.8. The summed E-state index contributed by atoms with van der Waals surface area (Å²) in [4.78, 5) is 0. The molecule has 148 valence electrons. The van der Waals surface area contributed by atoms with E-state index in [9.17, 15) is 5.11 Å². The Balaban J connectivity index is 1.56. The molecule has 5 nitrogen and oxygen atoms in total. The van der Waals surface area contributed by atoms with E-state index in [1.54, 1.807) is 13.2 Å². The number of ether oxygens (including phenoxy) is 1. The lowest BCUT2D eigenvalue weighted by Crippen LogP contribution is -2.50. The normalized spacial score (nSPS) is 29.1. The number of allylic oxidation sites excluding steroid dienone is 2. The number of phenols is 1. The Hall–Kier alpha value is -2.84. The largest absolute Gasteiger partial charge is 0.507 e. The molecule has 2 bridgehead atoms. The van der Waals surface area contributed by atoms with Gasteiger partial charge >= 0.3 is 0 Å². The van der Waals surface area contributed by atoms with Crippen molar-refractivity contribution >= 4 is 5.82 Å². The van der Waals surface area contributed by atoms with E-state index in [1.165, 1.54) is 11.1 Å². The maximum Gasteiger partial charge on any atom is 0.153 e. The van der Waals surface area contributed by atoms with Gasteiger partial charge in [-0.1, -0.05) is 18.1 Å². The van der Waals surface area contributed by atoms with Crippen molar-refractivity contribution in [3.05, 3.63) is 47.0 Å². The summed E-state index contributed by atoms with van der Waals surface area (Å²) in [5.74, 6) is 4.24. The Kier molecular flexibility index (Phi) is 4.15. The second-order valence-electron chi connectivity index (χ2n) is 8.68. The van der Waals surface area contributed by atoms with Crippen LogP contribution < -0.4 is 5.32 Å². The molecule has 29 heavy (non-hydrogen) atoms. The minimum atomic E-state index is -0.0471. The number of aromatic hydroxyl groups is 1. The summed E-state index contributed by atoms with van der Waals surface area (Å²) >= 11 is 0. The number of methoxy groups -OCH3 is 1. The number of terminal acetylenes is 1. The number of benzene rings is 1. The predicted molar refractivity (Wildman–Crippen MR) is 113 cm³/mol. The number of nitrogens with zero attached hydrogens (tertiary/aromatic N) is 2. The van der Waals surface area contributed by atoms with E-state index < -0.39 is 0 Å². The number of hydrogen-bond acceptors (Lipinski definition) is 5. The minimum absolute atomic E-state index is 0.0471. The first kappa shape index (κ1) is 18.2. The third-order valence-electron chi connectivity index (χ3n) is 6.77. The van der Waals surface area contributed by atoms with E-state index in [0.29, 0.717) is 29.0 Å². The smallest absolute Gasteiger partial charge is 0.153 e. The van der Waals surface area contributed by atoms with Gasteiger partial charge in [-0.05, 0) is 56.4 Å². The number of aromatic nitrogens is 2. The van der Waals surface area contributed by atoms with Crippen LogP contribution in [0, 0.1) is 12.3 Å². The van der Waals surface area contributed by atoms with Crippen LogP contribution in [-0.4, -0.2) is 34.1 Å². The molecule has 5 heteroatoms. The van der Waals surface area contributed by atoms with Crippen LogP contribution in [0.4, 0.5) is 5.82 Å². The molecule has 6 rings (SSSR count). The van der Waals surface area contributed by atoms with Crippen LogP contribution in [0.3, 0.4) is 0 Å². The van der Waals surface area contributed by atoms with E-state index in [2.05, 4.69) is 40.5 Å². The van der Waals surface area contributed by atoms with Crippen molar-refractivity contribution in [2.75, 3.05) is 12.4 Å². The van der Waals surface area contributed by atoms with Gasteiger partial charge in [-0.15, -0.1) is 16.6 Å². The molecule has 0 amide bonds. The number of hydrogen-bond donors (Lipinski definition) is 2. The highest BCUT2D eigenvalue weighted by atomic mass is 16.5. The first-order valence-corrected chi connectivity index (χ1v) is 10.2. The van der Waals surface area contributed by atoms with Crippen molar-refractivity contribution in [1.29, 1.82) is 0 Å². The molecule has 4 aliphatic rings. The molecule has 0 radical (unpaired) electrons. The van der Waals surface area contributed by atoms with Gasteiger partial charge in [0.1, 0.15) is 11.4 Å². The van der Waals surface area contributed by atoms with Gasteiger partial charge in [-0.2, -0.15) is 0 Å². The summed E-state index contributed by atoms with van der Waals surface area (Å²) < 4.78 is 5.58. The molecule has 2 unspecified atom stereocenters. The zero-order valence-electron chi connectivity index (χ0n) is 16.8. The van der Waals surface area contributed by atoms with Crippen LogP contribution >= 0.6 is 0 Å². The van der Waals surface area contributed by atoms with Gasteiger partial charge in [-0.3, -0.25) is 0 Å². The first-order valence-electron chi connectivity index (χ1n) is 10.2. The summed E-state index contributed by atoms with van der Waals surface area (Å²) in [7, 11) is 1.77. The monoisotopic (exact) mass is 387 g/mol. The van der Waals surface area contributed by atoms with Crippen molar-refractivity contribution in [2.24, 2.45) is 0 Å². The number of anilines is 1. The molecule has 1 heterocycles. The molecule has 2 aromatic rings. The van der Waals surface area contributed by atoms with E-state index >= 15 is 0 Å². The van der Waals surface area contributed by atoms with Crippen molar-refractivity contribution in [1.82, 2.24) is 10.2 Å². The van der Waals surface area contributed by atoms with Gasteiger partial charge in [0.2, 0.25) is 0 Å². The fraction of sp³-hybridized carbons (Fsp3) is 0.417. The third kappa shape index (κ3) is 2.90. The molecule has 2 atom stereocenters. The van der Waals surface area contributed by atoms with Crippen molar-refractivity contribution in [3.8, 4) is 29.4 Å². The third-order valence-corrected chi connectivity index (χ3v) is 6.77. The maximum atomic E-state index is 10.6. The van der Waals surface area contributed by atoms with Crippen LogP contribution in [0.2, 0.25) is 0 Å². The predicted octanol–water partition coefficient (Wildman–Crippen LogP) is 4.34. The average molecular weight is 387 g/mol. The molecule has 1 saturated carbocycles. The highest BCUT2D eigenvalue weighted by molar-refractivity contribution is 5.76. The quantitative estimate of drug-likeness (QED) is 0.603. The average Bonchev–Trinajstić information content (AvgIpc) is 2.73. The van der Waals surface area contributed by atoms with Gasteiger partial charge in [0.25, 0.3) is 0 Å². The van der Waals surface area contributed by atoms with Crippen LogP contribution in [0.1, 0.15) is 61.1 Å². The summed E-state index contributed by atoms with van der Waals surface area (Å²) in [5.41, 5.74) is 4.49. The van der Waals surface area contributed by atoms with Gasteiger partial charge in [0.05, 0.1) is 5.60 Å². The Morgan fingerprint density at radius 3 is 2.52 bits per heavy atom. The molecule has 0 saturated heterocycles. The maximum absolute atomic E-state index is 10.6. The lowest BCUT2D eigenvalue weighted by atomic mass is 9.70. The Morgan fingerprint density at radius 1 is 1.17 bits per heavy atom. The van der Waals surface area contributed by atoms with E-state index in [1.807, 2.05) is 12.1 Å². The van der Waals surface area contributed by atoms with Gasteiger partial charge in [-0.25, -0.2) is 0 Å². The highest BCUT2D eigenvalue weighted by Crippen LogP contribution is 2.51. The second-order valence-corrected chi connectivity index (χ2v) is 8.68. The molecule has 4 aliphatic carbocycles. The highest BCUT2D eigenvalue weighted by Gasteiger charge is 2.42. The van der Waals surface area contributed by atoms with Crippen LogP contribution in [0.25, 0.3) is 11.3 Å². The van der Waals surface area contributed by atoms with Crippen molar-refractivity contribution in [3.63, 3.8) is 0 Å². The lowest BCUT2D eigenvalue weighted by Gasteiger charge is -2.45. The SMILES string of the molecule is C#Cc1ccc(-c2nnc(NC3CC(C)(OC)C3)c3c2C2C=CC3CC2)c(O)c1. The molecule has 1 aromatic heterocycles. The number of phenolic OH excluding ortho intramolecular Hbond substituents is 1. The van der Waals surface area contributed by atoms with Crippen LogP contribution in [-0.2, 0) is 4.74 Å². The van der Waals surface area contributed by atoms with E-state index in [0.717, 1.165) is 37.2 Å². The summed E-state index contributed by atoms with van der Waals surface area (Å²) in [6.07, 6.45) is 14.2. The summed E-state index contributed by atoms with van der Waals surface area (Å²) in [6, 6.07) is 5.65. The molecular formula is C24H25N3O2. The second kappa shape index (κ2) is 6.60. The molecular weight excluding hydrogens is 362 g/mol. The van der Waals surface area contributed by atoms with Gasteiger partial charge < -0.3 is 15.2 Å². The number of rotatable bonds is 4. The fourth-order valence-electron chi connectivity index (χ4n) is 5.09. The lowest BCUT2D eigenvalue weighted by molar-refractivity contribution is -0.0626.